The summed E-state index contributed by atoms with van der Waals surface area (Å²) in [6.45, 7) is 3.28. The number of anilines is 1. The normalized spacial score (nSPS) is 14.8. The van der Waals surface area contributed by atoms with Crippen LogP contribution in [0.2, 0.25) is 0 Å². The molecule has 4 aromatic rings. The molecule has 31 heavy (non-hydrogen) atoms. The third kappa shape index (κ3) is 3.62. The van der Waals surface area contributed by atoms with Gasteiger partial charge in [0.1, 0.15) is 0 Å². The molecule has 8 heteroatoms. The number of hydrogen-bond acceptors (Lipinski definition) is 6. The number of likely N-dealkylation sites (N-methyl/N-ethyl adjacent to an activating group) is 1. The quantitative estimate of drug-likeness (QED) is 0.555. The number of carbonyl (C=O) groups excluding carboxylic acids is 1. The first-order valence-corrected chi connectivity index (χ1v) is 10.2. The number of amides is 1. The number of rotatable bonds is 3. The molecule has 2 N–H and O–H groups in total. The number of carbonyl (C=O) groups is 1. The highest BCUT2D eigenvalue weighted by atomic mass is 16.2. The lowest BCUT2D eigenvalue weighted by Gasteiger charge is -2.32. The van der Waals surface area contributed by atoms with E-state index in [0.29, 0.717) is 22.6 Å². The standard InChI is InChI=1S/C23H23N7O/c1-28-9-11-29(12-10-28)23(31)17-6-4-5-16(13-17)18-14-26-22-20(19-7-2-3-8-25-19)21(24)27-30(22)15-18/h2-8,13-15H,9-12H2,1H3,(H2,24,27). The van der Waals surface area contributed by atoms with Gasteiger partial charge in [0.05, 0.1) is 11.3 Å². The highest BCUT2D eigenvalue weighted by molar-refractivity contribution is 5.95. The molecule has 0 aliphatic carbocycles. The van der Waals surface area contributed by atoms with Crippen LogP contribution < -0.4 is 5.73 Å². The minimum absolute atomic E-state index is 0.0600. The number of nitrogens with two attached hydrogens (primary N) is 1. The molecule has 156 valence electrons. The molecule has 0 spiro atoms. The molecule has 3 aromatic heterocycles. The van der Waals surface area contributed by atoms with Gasteiger partial charge in [0.15, 0.2) is 11.5 Å². The van der Waals surface area contributed by atoms with Gasteiger partial charge in [-0.2, -0.15) is 0 Å². The van der Waals surface area contributed by atoms with E-state index in [0.717, 1.165) is 43.0 Å². The number of benzene rings is 1. The number of fused-ring (bicyclic) bond motifs is 1. The molecule has 4 heterocycles. The van der Waals surface area contributed by atoms with Crippen molar-refractivity contribution in [2.24, 2.45) is 0 Å². The third-order valence-electron chi connectivity index (χ3n) is 5.65. The summed E-state index contributed by atoms with van der Waals surface area (Å²) in [5, 5.41) is 4.43. The lowest BCUT2D eigenvalue weighted by atomic mass is 10.0. The van der Waals surface area contributed by atoms with E-state index in [1.165, 1.54) is 0 Å². The van der Waals surface area contributed by atoms with Crippen LogP contribution in [0.3, 0.4) is 0 Å². The van der Waals surface area contributed by atoms with Gasteiger partial charge < -0.3 is 15.5 Å². The molecule has 8 nitrogen and oxygen atoms in total. The summed E-state index contributed by atoms with van der Waals surface area (Å²) >= 11 is 0. The second-order valence-corrected chi connectivity index (χ2v) is 7.76. The second kappa shape index (κ2) is 7.81. The van der Waals surface area contributed by atoms with Crippen LogP contribution in [0.15, 0.2) is 61.1 Å². The van der Waals surface area contributed by atoms with Crippen LogP contribution in [0.1, 0.15) is 10.4 Å². The first kappa shape index (κ1) is 19.2. The molecule has 1 aromatic carbocycles. The summed E-state index contributed by atoms with van der Waals surface area (Å²) in [7, 11) is 2.08. The third-order valence-corrected chi connectivity index (χ3v) is 5.65. The smallest absolute Gasteiger partial charge is 0.253 e. The van der Waals surface area contributed by atoms with Crippen LogP contribution in [-0.4, -0.2) is 68.5 Å². The Bertz CT molecular complexity index is 1240. The van der Waals surface area contributed by atoms with Gasteiger partial charge in [-0.05, 0) is 36.9 Å². The molecular formula is C23H23N7O. The Morgan fingerprint density at radius 3 is 2.61 bits per heavy atom. The van der Waals surface area contributed by atoms with Crippen LogP contribution in [0, 0.1) is 0 Å². The lowest BCUT2D eigenvalue weighted by Crippen LogP contribution is -2.47. The maximum Gasteiger partial charge on any atom is 0.253 e. The van der Waals surface area contributed by atoms with Gasteiger partial charge in [-0.25, -0.2) is 9.50 Å². The zero-order valence-corrected chi connectivity index (χ0v) is 17.3. The summed E-state index contributed by atoms with van der Waals surface area (Å²) in [5.74, 6) is 0.437. The minimum atomic E-state index is 0.0600. The number of piperazine rings is 1. The van der Waals surface area contributed by atoms with Crippen molar-refractivity contribution in [1.82, 2.24) is 29.4 Å². The number of nitrogens with zero attached hydrogens (tertiary/aromatic N) is 6. The zero-order chi connectivity index (χ0) is 21.4. The topological polar surface area (TPSA) is 92.6 Å². The Hall–Kier alpha value is -3.78. The molecule has 0 bridgehead atoms. The fourth-order valence-electron chi connectivity index (χ4n) is 3.88. The molecule has 1 fully saturated rings. The van der Waals surface area contributed by atoms with Crippen molar-refractivity contribution in [3.63, 3.8) is 0 Å². The molecule has 0 unspecified atom stereocenters. The van der Waals surface area contributed by atoms with E-state index in [2.05, 4.69) is 27.0 Å². The van der Waals surface area contributed by atoms with Crippen LogP contribution in [0.5, 0.6) is 0 Å². The van der Waals surface area contributed by atoms with E-state index in [9.17, 15) is 4.79 Å². The molecular weight excluding hydrogens is 390 g/mol. The number of pyridine rings is 1. The van der Waals surface area contributed by atoms with Gasteiger partial charge in [0.2, 0.25) is 0 Å². The van der Waals surface area contributed by atoms with Crippen LogP contribution >= 0.6 is 0 Å². The Labute approximate surface area is 179 Å². The zero-order valence-electron chi connectivity index (χ0n) is 17.3. The predicted octanol–water partition coefficient (Wildman–Crippen LogP) is 2.43. The van der Waals surface area contributed by atoms with Crippen molar-refractivity contribution < 1.29 is 4.79 Å². The van der Waals surface area contributed by atoms with E-state index < -0.39 is 0 Å². The molecule has 0 saturated carbocycles. The minimum Gasteiger partial charge on any atom is -0.382 e. The summed E-state index contributed by atoms with van der Waals surface area (Å²) in [4.78, 5) is 26.1. The highest BCUT2D eigenvalue weighted by Crippen LogP contribution is 2.29. The van der Waals surface area contributed by atoms with E-state index in [-0.39, 0.29) is 5.91 Å². The van der Waals surface area contributed by atoms with E-state index >= 15 is 0 Å². The van der Waals surface area contributed by atoms with Gasteiger partial charge in [-0.3, -0.25) is 9.78 Å². The maximum absolute atomic E-state index is 13.0. The highest BCUT2D eigenvalue weighted by Gasteiger charge is 2.21. The molecule has 0 radical (unpaired) electrons. The van der Waals surface area contributed by atoms with Crippen LogP contribution in [0.25, 0.3) is 28.0 Å². The van der Waals surface area contributed by atoms with Crippen LogP contribution in [0.4, 0.5) is 5.82 Å². The summed E-state index contributed by atoms with van der Waals surface area (Å²) in [6.07, 6.45) is 5.38. The van der Waals surface area contributed by atoms with Gasteiger partial charge >= 0.3 is 0 Å². The molecule has 0 atom stereocenters. The summed E-state index contributed by atoms with van der Waals surface area (Å²) in [6, 6.07) is 13.3. The van der Waals surface area contributed by atoms with Gasteiger partial charge in [0, 0.05) is 55.9 Å². The number of aromatic nitrogens is 4. The predicted molar refractivity (Wildman–Crippen MR) is 119 cm³/mol. The first-order valence-electron chi connectivity index (χ1n) is 10.2. The first-order chi connectivity index (χ1) is 15.1. The fourth-order valence-corrected chi connectivity index (χ4v) is 3.88. The van der Waals surface area contributed by atoms with Crippen molar-refractivity contribution in [1.29, 1.82) is 0 Å². The average Bonchev–Trinajstić information content (AvgIpc) is 3.14. The Kier molecular flexibility index (Phi) is 4.83. The van der Waals surface area contributed by atoms with Crippen molar-refractivity contribution in [2.45, 2.75) is 0 Å². The van der Waals surface area contributed by atoms with Crippen molar-refractivity contribution >= 4 is 17.4 Å². The number of nitrogen functional groups attached to an aromatic ring is 1. The summed E-state index contributed by atoms with van der Waals surface area (Å²) in [5.41, 5.74) is 10.7. The SMILES string of the molecule is CN1CCN(C(=O)c2cccc(-c3cnc4c(-c5ccccn5)c(N)nn4c3)c2)CC1. The second-order valence-electron chi connectivity index (χ2n) is 7.76. The van der Waals surface area contributed by atoms with Gasteiger partial charge in [-0.15, -0.1) is 5.10 Å². The van der Waals surface area contributed by atoms with Crippen LogP contribution in [-0.2, 0) is 0 Å². The monoisotopic (exact) mass is 413 g/mol. The van der Waals surface area contributed by atoms with Gasteiger partial charge in [0.25, 0.3) is 5.91 Å². The van der Waals surface area contributed by atoms with Gasteiger partial charge in [-0.1, -0.05) is 18.2 Å². The van der Waals surface area contributed by atoms with E-state index in [1.807, 2.05) is 53.6 Å². The molecule has 1 aliphatic rings. The van der Waals surface area contributed by atoms with Crippen molar-refractivity contribution in [3.8, 4) is 22.4 Å². The fraction of sp³-hybridized carbons (Fsp3) is 0.217. The molecule has 5 rings (SSSR count). The summed E-state index contributed by atoms with van der Waals surface area (Å²) < 4.78 is 1.67. The number of hydrogen-bond donors (Lipinski definition) is 1. The van der Waals surface area contributed by atoms with Crippen molar-refractivity contribution in [3.05, 3.63) is 66.6 Å². The molecule has 1 saturated heterocycles. The Balaban J connectivity index is 1.47. The Morgan fingerprint density at radius 1 is 1.00 bits per heavy atom. The van der Waals surface area contributed by atoms with Crippen molar-refractivity contribution in [2.75, 3.05) is 39.0 Å². The Morgan fingerprint density at radius 2 is 1.84 bits per heavy atom. The lowest BCUT2D eigenvalue weighted by molar-refractivity contribution is 0.0664. The van der Waals surface area contributed by atoms with E-state index in [4.69, 9.17) is 5.73 Å². The largest absolute Gasteiger partial charge is 0.382 e. The molecule has 1 amide bonds. The molecule has 1 aliphatic heterocycles. The van der Waals surface area contributed by atoms with E-state index in [1.54, 1.807) is 16.9 Å². The maximum atomic E-state index is 13.0. The average molecular weight is 413 g/mol.